The second kappa shape index (κ2) is 13.7. The Balaban J connectivity index is 0.00000212. The van der Waals surface area contributed by atoms with E-state index in [2.05, 4.69) is 9.97 Å². The van der Waals surface area contributed by atoms with Gasteiger partial charge in [0, 0.05) is 42.4 Å². The molecule has 0 bridgehead atoms. The van der Waals surface area contributed by atoms with Gasteiger partial charge in [-0.1, -0.05) is 19.9 Å². The quantitative estimate of drug-likeness (QED) is 0.204. The van der Waals surface area contributed by atoms with Gasteiger partial charge in [0.1, 0.15) is 41.0 Å². The minimum absolute atomic E-state index is 0.00347. The highest BCUT2D eigenvalue weighted by Gasteiger charge is 2.49. The van der Waals surface area contributed by atoms with Gasteiger partial charge in [0.2, 0.25) is 0 Å². The molecular formula is C34H33F6N7O2S. The number of rotatable bonds is 6. The van der Waals surface area contributed by atoms with E-state index in [1.807, 2.05) is 30.9 Å². The summed E-state index contributed by atoms with van der Waals surface area (Å²) in [6.45, 7) is 5.28. The van der Waals surface area contributed by atoms with Crippen LogP contribution >= 0.6 is 11.3 Å². The van der Waals surface area contributed by atoms with Gasteiger partial charge in [-0.15, -0.1) is 11.3 Å². The van der Waals surface area contributed by atoms with Crippen LogP contribution in [0.1, 0.15) is 50.7 Å². The van der Waals surface area contributed by atoms with Gasteiger partial charge in [0.25, 0.3) is 0 Å². The zero-order valence-electron chi connectivity index (χ0n) is 27.2. The van der Waals surface area contributed by atoms with Gasteiger partial charge in [0.05, 0.1) is 46.6 Å². The van der Waals surface area contributed by atoms with Crippen LogP contribution in [0.3, 0.4) is 0 Å². The number of alkyl halides is 4. The lowest BCUT2D eigenvalue weighted by molar-refractivity contribution is -0.137. The van der Waals surface area contributed by atoms with Crippen molar-refractivity contribution in [2.24, 2.45) is 0 Å². The van der Waals surface area contributed by atoms with Crippen molar-refractivity contribution in [3.8, 4) is 29.3 Å². The maximum absolute atomic E-state index is 17.0. The molecule has 3 aliphatic rings. The Morgan fingerprint density at radius 3 is 2.66 bits per heavy atom. The van der Waals surface area contributed by atoms with Gasteiger partial charge >= 0.3 is 12.2 Å². The summed E-state index contributed by atoms with van der Waals surface area (Å²) in [5, 5.41) is 18.4. The van der Waals surface area contributed by atoms with E-state index in [1.165, 1.54) is 0 Å². The second-order valence-corrected chi connectivity index (χ2v) is 13.3. The lowest BCUT2D eigenvalue weighted by Crippen LogP contribution is -2.44. The standard InChI is InChI=1S/C32H27F6N7O2S.C2H6/c33-16-11-31(5-1-7-45(31)13-16)15-47-30-42-26-19(29(43-30)44-8-9-46-17(14-44)4-6-39)10-21(32(36,37)38)24(25(26)35)18-2-3-22(34)27-23(18)20(12-40)28(41)48-27;1-2/h2-3,10,16-17H,1,4-5,7-9,11,13-15,41H2;1-2H3. The SMILES string of the molecule is CC.N#CCC1CN(c2nc(OCC34CCCN3CC(F)C4)nc3c(F)c(-c4ccc(F)c5sc(N)c(C#N)c45)c(C(F)(F)F)cc23)CCO1. The van der Waals surface area contributed by atoms with E-state index in [-0.39, 0.29) is 89.1 Å². The topological polar surface area (TPSA) is 124 Å². The van der Waals surface area contributed by atoms with E-state index in [9.17, 15) is 32.5 Å². The van der Waals surface area contributed by atoms with Crippen LogP contribution in [0, 0.1) is 34.3 Å². The molecular weight excluding hydrogens is 684 g/mol. The fraction of sp³-hybridized carbons (Fsp3) is 0.471. The molecule has 7 rings (SSSR count). The molecule has 0 spiro atoms. The van der Waals surface area contributed by atoms with E-state index in [0.717, 1.165) is 24.6 Å². The molecule has 0 saturated carbocycles. The van der Waals surface area contributed by atoms with E-state index in [0.29, 0.717) is 24.3 Å². The van der Waals surface area contributed by atoms with Crippen LogP contribution in [0.25, 0.3) is 32.1 Å². The molecule has 3 unspecified atom stereocenters. The third-order valence-corrected chi connectivity index (χ3v) is 10.4. The molecule has 3 atom stereocenters. The zero-order chi connectivity index (χ0) is 36.0. The molecule has 16 heteroatoms. The summed E-state index contributed by atoms with van der Waals surface area (Å²) >= 11 is 0.674. The number of hydrogen-bond donors (Lipinski definition) is 1. The molecule has 5 heterocycles. The Kier molecular flexibility index (Phi) is 9.74. The van der Waals surface area contributed by atoms with Crippen LogP contribution < -0.4 is 15.4 Å². The highest BCUT2D eigenvalue weighted by molar-refractivity contribution is 7.23. The van der Waals surface area contributed by atoms with Crippen LogP contribution in [0.2, 0.25) is 0 Å². The Labute approximate surface area is 287 Å². The van der Waals surface area contributed by atoms with E-state index >= 15 is 4.39 Å². The predicted molar refractivity (Wildman–Crippen MR) is 176 cm³/mol. The second-order valence-electron chi connectivity index (χ2n) is 12.3. The monoisotopic (exact) mass is 717 g/mol. The minimum atomic E-state index is -5.11. The first kappa shape index (κ1) is 35.4. The van der Waals surface area contributed by atoms with Crippen molar-refractivity contribution in [2.75, 3.05) is 50.0 Å². The van der Waals surface area contributed by atoms with Crippen molar-refractivity contribution in [3.05, 3.63) is 41.0 Å². The fourth-order valence-corrected chi connectivity index (χ4v) is 8.23. The van der Waals surface area contributed by atoms with Gasteiger partial charge in [-0.05, 0) is 37.1 Å². The van der Waals surface area contributed by atoms with E-state index < -0.39 is 52.3 Å². The number of thiophene rings is 1. The summed E-state index contributed by atoms with van der Waals surface area (Å²) in [4.78, 5) is 12.3. The molecule has 0 amide bonds. The van der Waals surface area contributed by atoms with E-state index in [1.54, 1.807) is 4.90 Å². The number of nitrogen functional groups attached to an aromatic ring is 1. The van der Waals surface area contributed by atoms with Gasteiger partial charge in [0.15, 0.2) is 5.82 Å². The van der Waals surface area contributed by atoms with Crippen molar-refractivity contribution >= 4 is 43.1 Å². The third kappa shape index (κ3) is 6.14. The number of nitriles is 2. The molecule has 3 aliphatic heterocycles. The molecule has 9 nitrogen and oxygen atoms in total. The van der Waals surface area contributed by atoms with Crippen molar-refractivity contribution in [1.82, 2.24) is 14.9 Å². The van der Waals surface area contributed by atoms with Crippen molar-refractivity contribution in [3.63, 3.8) is 0 Å². The average Bonchev–Trinajstić information content (AvgIpc) is 3.74. The number of morpholine rings is 1. The third-order valence-electron chi connectivity index (χ3n) is 9.38. The molecule has 50 heavy (non-hydrogen) atoms. The Morgan fingerprint density at radius 1 is 1.16 bits per heavy atom. The van der Waals surface area contributed by atoms with Gasteiger partial charge in [-0.2, -0.15) is 33.7 Å². The number of aromatic nitrogens is 2. The number of anilines is 2. The Morgan fingerprint density at radius 2 is 1.94 bits per heavy atom. The van der Waals surface area contributed by atoms with Crippen LogP contribution in [0.5, 0.6) is 6.01 Å². The van der Waals surface area contributed by atoms with Crippen LogP contribution in [0.15, 0.2) is 18.2 Å². The number of nitrogens with zero attached hydrogens (tertiary/aromatic N) is 6. The number of hydrogen-bond acceptors (Lipinski definition) is 10. The summed E-state index contributed by atoms with van der Waals surface area (Å²) in [6.07, 6.45) is -5.03. The first-order valence-corrected chi connectivity index (χ1v) is 17.0. The molecule has 0 aliphatic carbocycles. The molecule has 2 aromatic heterocycles. The van der Waals surface area contributed by atoms with E-state index in [4.69, 9.17) is 15.2 Å². The number of benzene rings is 2. The smallest absolute Gasteiger partial charge is 0.417 e. The summed E-state index contributed by atoms with van der Waals surface area (Å²) in [5.74, 6) is -2.28. The summed E-state index contributed by atoms with van der Waals surface area (Å²) in [6, 6.07) is 6.12. The Hall–Kier alpha value is -4.38. The molecule has 3 saturated heterocycles. The first-order valence-electron chi connectivity index (χ1n) is 16.2. The lowest BCUT2D eigenvalue weighted by Gasteiger charge is -2.34. The summed E-state index contributed by atoms with van der Waals surface area (Å²) in [5.41, 5.74) is 1.82. The molecule has 264 valence electrons. The maximum atomic E-state index is 17.0. The zero-order valence-corrected chi connectivity index (χ0v) is 28.0. The average molecular weight is 718 g/mol. The largest absolute Gasteiger partial charge is 0.461 e. The molecule has 2 N–H and O–H groups in total. The highest BCUT2D eigenvalue weighted by atomic mass is 32.1. The van der Waals surface area contributed by atoms with Crippen LogP contribution in [-0.2, 0) is 10.9 Å². The van der Waals surface area contributed by atoms with Gasteiger partial charge in [-0.3, -0.25) is 4.90 Å². The van der Waals surface area contributed by atoms with Crippen LogP contribution in [0.4, 0.5) is 37.2 Å². The predicted octanol–water partition coefficient (Wildman–Crippen LogP) is 7.36. The minimum Gasteiger partial charge on any atom is -0.461 e. The lowest BCUT2D eigenvalue weighted by atomic mass is 9.92. The summed E-state index contributed by atoms with van der Waals surface area (Å²) in [7, 11) is 0. The number of nitrogens with two attached hydrogens (primary N) is 1. The first-order chi connectivity index (χ1) is 23.9. The van der Waals surface area contributed by atoms with Crippen molar-refractivity contribution in [1.29, 1.82) is 10.5 Å². The number of halogens is 6. The van der Waals surface area contributed by atoms with Crippen molar-refractivity contribution in [2.45, 2.75) is 63.5 Å². The molecule has 0 radical (unpaired) electrons. The Bertz CT molecular complexity index is 2030. The summed E-state index contributed by atoms with van der Waals surface area (Å²) < 4.78 is 102. The number of ether oxygens (including phenoxy) is 2. The molecule has 4 aromatic rings. The van der Waals surface area contributed by atoms with Crippen LogP contribution in [-0.4, -0.2) is 72.1 Å². The highest BCUT2D eigenvalue weighted by Crippen LogP contribution is 2.48. The normalized spacial score (nSPS) is 22.2. The molecule has 3 fully saturated rings. The van der Waals surface area contributed by atoms with Gasteiger partial charge in [-0.25, -0.2) is 13.2 Å². The van der Waals surface area contributed by atoms with Crippen molar-refractivity contribution < 1.29 is 35.8 Å². The number of fused-ring (bicyclic) bond motifs is 3. The molecule has 2 aromatic carbocycles. The fourth-order valence-electron chi connectivity index (χ4n) is 7.28. The maximum Gasteiger partial charge on any atom is 0.417 e. The van der Waals surface area contributed by atoms with Gasteiger partial charge < -0.3 is 20.1 Å².